The van der Waals surface area contributed by atoms with Gasteiger partial charge in [0, 0.05) is 17.1 Å². The number of nitrogens with two attached hydrogens (primary N) is 1. The smallest absolute Gasteiger partial charge is 0.145 e. The molecule has 0 amide bonds. The first-order chi connectivity index (χ1) is 13.0. The lowest BCUT2D eigenvalue weighted by Gasteiger charge is -2.22. The summed E-state index contributed by atoms with van der Waals surface area (Å²) in [6.07, 6.45) is 1.70. The van der Waals surface area contributed by atoms with Gasteiger partial charge in [-0.1, -0.05) is 17.7 Å². The van der Waals surface area contributed by atoms with Crippen molar-refractivity contribution < 1.29 is 14.9 Å². The number of aliphatic hydroxyl groups is 2. The van der Waals surface area contributed by atoms with Crippen molar-refractivity contribution in [3.05, 3.63) is 52.9 Å². The molecule has 0 bridgehead atoms. The van der Waals surface area contributed by atoms with E-state index in [1.165, 1.54) is 6.33 Å². The highest BCUT2D eigenvalue weighted by Gasteiger charge is 2.48. The summed E-state index contributed by atoms with van der Waals surface area (Å²) in [5.41, 5.74) is 8.63. The minimum atomic E-state index is -0.929. The van der Waals surface area contributed by atoms with Gasteiger partial charge in [-0.3, -0.25) is 0 Å². The molecule has 0 spiro atoms. The van der Waals surface area contributed by atoms with Crippen LogP contribution >= 0.6 is 11.6 Å². The number of anilines is 1. The molecule has 0 radical (unpaired) electrons. The summed E-state index contributed by atoms with van der Waals surface area (Å²) in [6, 6.07) is 7.18. The zero-order valence-corrected chi connectivity index (χ0v) is 15.1. The Bertz CT molecular complexity index is 1020. The van der Waals surface area contributed by atoms with Gasteiger partial charge in [-0.25, -0.2) is 9.97 Å². The molecular weight excluding hydrogens is 368 g/mol. The molecule has 0 unspecified atom stereocenters. The van der Waals surface area contributed by atoms with Gasteiger partial charge in [0.2, 0.25) is 0 Å². The molecule has 0 saturated heterocycles. The minimum absolute atomic E-state index is 0.232. The fraction of sp³-hybridized carbons (Fsp3) is 0.368. The molecule has 7 nitrogen and oxygen atoms in total. The normalized spacial score (nSPS) is 30.1. The van der Waals surface area contributed by atoms with Crippen molar-refractivity contribution in [1.82, 2.24) is 14.5 Å². The SMILES string of the molecule is Nc1ncnc2c1ccn2[C@@H]1C[C@H]([C@@H]2OCc3cc(Cl)ccc32)[C@@H](O)[C@H]1O. The van der Waals surface area contributed by atoms with Gasteiger partial charge in [-0.15, -0.1) is 0 Å². The Balaban J connectivity index is 1.49. The topological polar surface area (TPSA) is 106 Å². The zero-order chi connectivity index (χ0) is 18.7. The highest BCUT2D eigenvalue weighted by atomic mass is 35.5. The van der Waals surface area contributed by atoms with Crippen LogP contribution in [0.2, 0.25) is 5.02 Å². The van der Waals surface area contributed by atoms with Gasteiger partial charge in [-0.2, -0.15) is 0 Å². The van der Waals surface area contributed by atoms with Crippen LogP contribution in [0.1, 0.15) is 29.7 Å². The molecule has 5 atom stereocenters. The Labute approximate surface area is 160 Å². The molecule has 27 heavy (non-hydrogen) atoms. The predicted molar refractivity (Wildman–Crippen MR) is 100 cm³/mol. The van der Waals surface area contributed by atoms with Crippen LogP contribution in [0.5, 0.6) is 0 Å². The number of halogens is 1. The molecule has 3 aromatic rings. The Morgan fingerprint density at radius 3 is 2.89 bits per heavy atom. The molecule has 140 valence electrons. The molecule has 1 saturated carbocycles. The van der Waals surface area contributed by atoms with Crippen molar-refractivity contribution >= 4 is 28.5 Å². The number of aliphatic hydroxyl groups excluding tert-OH is 2. The Hall–Kier alpha value is -2.19. The quantitative estimate of drug-likeness (QED) is 0.623. The van der Waals surface area contributed by atoms with Crippen LogP contribution in [-0.4, -0.2) is 37.0 Å². The molecule has 2 aromatic heterocycles. The Morgan fingerprint density at radius 1 is 1.19 bits per heavy atom. The fourth-order valence-corrected chi connectivity index (χ4v) is 4.67. The second-order valence-electron chi connectivity index (χ2n) is 7.24. The van der Waals surface area contributed by atoms with E-state index < -0.39 is 12.2 Å². The van der Waals surface area contributed by atoms with Crippen LogP contribution in [0.3, 0.4) is 0 Å². The van der Waals surface area contributed by atoms with Crippen LogP contribution in [-0.2, 0) is 11.3 Å². The van der Waals surface area contributed by atoms with Crippen molar-refractivity contribution in [2.45, 2.75) is 37.4 Å². The number of ether oxygens (including phenoxy) is 1. The highest BCUT2D eigenvalue weighted by Crippen LogP contribution is 2.48. The van der Waals surface area contributed by atoms with Crippen LogP contribution in [0.15, 0.2) is 36.8 Å². The first kappa shape index (κ1) is 16.9. The first-order valence-corrected chi connectivity index (χ1v) is 9.25. The Morgan fingerprint density at radius 2 is 2.04 bits per heavy atom. The fourth-order valence-electron chi connectivity index (χ4n) is 4.48. The second-order valence-corrected chi connectivity index (χ2v) is 7.68. The third kappa shape index (κ3) is 2.54. The van der Waals surface area contributed by atoms with Crippen molar-refractivity contribution in [3.63, 3.8) is 0 Å². The standard InChI is InChI=1S/C19H19ClN4O3/c20-10-1-2-11-9(5-10)7-27-17(11)13-6-14(16(26)15(13)25)24-4-3-12-18(21)22-8-23-19(12)24/h1-5,8,13-17,25-26H,6-7H2,(H2,21,22,23)/t13-,14+,15+,16-,17+/m0/s1. The van der Waals surface area contributed by atoms with E-state index in [1.54, 1.807) is 0 Å². The van der Waals surface area contributed by atoms with Gasteiger partial charge in [-0.05, 0) is 35.7 Å². The van der Waals surface area contributed by atoms with Crippen molar-refractivity contribution in [2.75, 3.05) is 5.73 Å². The highest BCUT2D eigenvalue weighted by molar-refractivity contribution is 6.30. The maximum Gasteiger partial charge on any atom is 0.145 e. The summed E-state index contributed by atoms with van der Waals surface area (Å²) < 4.78 is 7.84. The van der Waals surface area contributed by atoms with Gasteiger partial charge in [0.05, 0.1) is 30.2 Å². The summed E-state index contributed by atoms with van der Waals surface area (Å²) >= 11 is 6.07. The summed E-state index contributed by atoms with van der Waals surface area (Å²) in [4.78, 5) is 8.31. The maximum atomic E-state index is 10.8. The van der Waals surface area contributed by atoms with Crippen molar-refractivity contribution in [1.29, 1.82) is 0 Å². The van der Waals surface area contributed by atoms with E-state index >= 15 is 0 Å². The number of hydrogen-bond acceptors (Lipinski definition) is 6. The number of rotatable bonds is 2. The van der Waals surface area contributed by atoms with Crippen LogP contribution in [0, 0.1) is 5.92 Å². The average molecular weight is 387 g/mol. The first-order valence-electron chi connectivity index (χ1n) is 8.87. The number of nitrogen functional groups attached to an aromatic ring is 1. The molecule has 4 N–H and O–H groups in total. The lowest BCUT2D eigenvalue weighted by molar-refractivity contribution is -0.0483. The zero-order valence-electron chi connectivity index (χ0n) is 14.4. The lowest BCUT2D eigenvalue weighted by Crippen LogP contribution is -2.31. The van der Waals surface area contributed by atoms with E-state index in [2.05, 4.69) is 9.97 Å². The molecule has 1 aliphatic heterocycles. The average Bonchev–Trinajstić information content (AvgIpc) is 3.33. The monoisotopic (exact) mass is 386 g/mol. The van der Waals surface area contributed by atoms with Gasteiger partial charge in [0.1, 0.15) is 23.9 Å². The molecule has 1 aromatic carbocycles. The van der Waals surface area contributed by atoms with Crippen molar-refractivity contribution in [2.24, 2.45) is 5.92 Å². The van der Waals surface area contributed by atoms with Crippen molar-refractivity contribution in [3.8, 4) is 0 Å². The van der Waals surface area contributed by atoms with Crippen LogP contribution in [0.25, 0.3) is 11.0 Å². The van der Waals surface area contributed by atoms with E-state index in [-0.39, 0.29) is 18.1 Å². The summed E-state index contributed by atoms with van der Waals surface area (Å²) in [5.74, 6) is 0.164. The summed E-state index contributed by atoms with van der Waals surface area (Å²) in [5, 5.41) is 22.9. The molecular formula is C19H19ClN4O3. The Kier molecular flexibility index (Phi) is 3.87. The summed E-state index contributed by atoms with van der Waals surface area (Å²) in [6.45, 7) is 0.459. The molecule has 1 fully saturated rings. The van der Waals surface area contributed by atoms with E-state index in [0.717, 1.165) is 16.5 Å². The number of fused-ring (bicyclic) bond motifs is 2. The van der Waals surface area contributed by atoms with E-state index in [0.29, 0.717) is 29.5 Å². The number of nitrogens with zero attached hydrogens (tertiary/aromatic N) is 3. The third-order valence-corrected chi connectivity index (χ3v) is 6.05. The van der Waals surface area contributed by atoms with E-state index in [9.17, 15) is 10.2 Å². The van der Waals surface area contributed by atoms with Gasteiger partial charge in [0.15, 0.2) is 0 Å². The molecule has 3 heterocycles. The maximum absolute atomic E-state index is 10.8. The van der Waals surface area contributed by atoms with E-state index in [4.69, 9.17) is 22.1 Å². The van der Waals surface area contributed by atoms with Gasteiger partial charge in [0.25, 0.3) is 0 Å². The number of hydrogen-bond donors (Lipinski definition) is 3. The minimum Gasteiger partial charge on any atom is -0.390 e. The molecule has 5 rings (SSSR count). The predicted octanol–water partition coefficient (Wildman–Crippen LogP) is 2.22. The third-order valence-electron chi connectivity index (χ3n) is 5.81. The van der Waals surface area contributed by atoms with Crippen LogP contribution < -0.4 is 5.73 Å². The summed E-state index contributed by atoms with van der Waals surface area (Å²) in [7, 11) is 0. The lowest BCUT2D eigenvalue weighted by atomic mass is 9.91. The molecule has 1 aliphatic carbocycles. The molecule has 2 aliphatic rings. The largest absolute Gasteiger partial charge is 0.390 e. The second kappa shape index (κ2) is 6.17. The van der Waals surface area contributed by atoms with E-state index in [1.807, 2.05) is 35.0 Å². The number of aromatic nitrogens is 3. The van der Waals surface area contributed by atoms with Gasteiger partial charge >= 0.3 is 0 Å². The van der Waals surface area contributed by atoms with Crippen LogP contribution in [0.4, 0.5) is 5.82 Å². The van der Waals surface area contributed by atoms with Gasteiger partial charge < -0.3 is 25.3 Å². The number of benzene rings is 1. The molecule has 8 heteroatoms.